The number of hydrogen-bond donors (Lipinski definition) is 3. The molecule has 3 N–H and O–H groups in total. The number of rotatable bonds is 8. The maximum absolute atomic E-state index is 12.7. The summed E-state index contributed by atoms with van der Waals surface area (Å²) in [6.45, 7) is 4.89. The molecule has 0 bridgehead atoms. The molecule has 1 aromatic heterocycles. The van der Waals surface area contributed by atoms with E-state index in [1.165, 1.54) is 0 Å². The highest BCUT2D eigenvalue weighted by Crippen LogP contribution is 2.23. The molecule has 2 atom stereocenters. The molecule has 0 aliphatic carbocycles. The number of benzene rings is 2. The van der Waals surface area contributed by atoms with Gasteiger partial charge in [-0.05, 0) is 51.7 Å². The molecule has 0 aliphatic rings. The van der Waals surface area contributed by atoms with E-state index in [1.807, 2.05) is 98.2 Å². The van der Waals surface area contributed by atoms with Gasteiger partial charge in [0.1, 0.15) is 0 Å². The summed E-state index contributed by atoms with van der Waals surface area (Å²) < 4.78 is 1.82. The van der Waals surface area contributed by atoms with Crippen molar-refractivity contribution in [3.05, 3.63) is 77.6 Å². The van der Waals surface area contributed by atoms with Crippen LogP contribution in [0.25, 0.3) is 5.69 Å². The Morgan fingerprint density at radius 2 is 1.77 bits per heavy atom. The van der Waals surface area contributed by atoms with Crippen LogP contribution in [0.2, 0.25) is 0 Å². The van der Waals surface area contributed by atoms with Gasteiger partial charge in [-0.3, -0.25) is 0 Å². The summed E-state index contributed by atoms with van der Waals surface area (Å²) in [6.07, 6.45) is -0.675. The van der Waals surface area contributed by atoms with Crippen molar-refractivity contribution >= 4 is 11.7 Å². The molecule has 2 aromatic carbocycles. The highest BCUT2D eigenvalue weighted by atomic mass is 16.3. The lowest BCUT2D eigenvalue weighted by Gasteiger charge is -2.26. The molecule has 0 radical (unpaired) electrons. The molecule has 31 heavy (non-hydrogen) atoms. The molecule has 0 unspecified atom stereocenters. The van der Waals surface area contributed by atoms with Crippen LogP contribution in [0.3, 0.4) is 0 Å². The SMILES string of the molecule is Cc1cc(C)n(-c2ccccc2NC(=O)NC[C@H](CN(C)C)[C@H](O)c2ccccc2)n1. The van der Waals surface area contributed by atoms with Gasteiger partial charge in [0, 0.05) is 24.7 Å². The number of carbonyl (C=O) groups is 1. The van der Waals surface area contributed by atoms with Gasteiger partial charge in [0.15, 0.2) is 0 Å². The first-order valence-electron chi connectivity index (χ1n) is 10.4. The monoisotopic (exact) mass is 421 g/mol. The van der Waals surface area contributed by atoms with Crippen molar-refractivity contribution in [1.82, 2.24) is 20.0 Å². The summed E-state index contributed by atoms with van der Waals surface area (Å²) in [4.78, 5) is 14.7. The average Bonchev–Trinajstić information content (AvgIpc) is 3.09. The molecule has 7 heteroatoms. The number of anilines is 1. The van der Waals surface area contributed by atoms with Crippen LogP contribution in [-0.2, 0) is 0 Å². The molecular formula is C24H31N5O2. The topological polar surface area (TPSA) is 82.4 Å². The standard InChI is InChI=1S/C24H31N5O2/c1-17-14-18(2)29(27-17)22-13-9-8-12-21(22)26-24(31)25-15-20(16-28(3)4)23(30)19-10-6-5-7-11-19/h5-14,20,23,30H,15-16H2,1-4H3,(H2,25,26,31)/t20-,23-/m1/s1. The van der Waals surface area contributed by atoms with Crippen LogP contribution >= 0.6 is 0 Å². The smallest absolute Gasteiger partial charge is 0.319 e. The van der Waals surface area contributed by atoms with Gasteiger partial charge >= 0.3 is 6.03 Å². The lowest BCUT2D eigenvalue weighted by atomic mass is 9.95. The fourth-order valence-electron chi connectivity index (χ4n) is 3.69. The predicted molar refractivity (Wildman–Crippen MR) is 124 cm³/mol. The molecule has 3 aromatic rings. The Morgan fingerprint density at radius 3 is 2.42 bits per heavy atom. The van der Waals surface area contributed by atoms with E-state index in [1.54, 1.807) is 0 Å². The molecule has 7 nitrogen and oxygen atoms in total. The third-order valence-corrected chi connectivity index (χ3v) is 5.10. The van der Waals surface area contributed by atoms with E-state index in [0.717, 1.165) is 22.6 Å². The largest absolute Gasteiger partial charge is 0.388 e. The van der Waals surface area contributed by atoms with Gasteiger partial charge in [0.2, 0.25) is 0 Å². The molecule has 3 rings (SSSR count). The van der Waals surface area contributed by atoms with E-state index in [4.69, 9.17) is 0 Å². The normalized spacial score (nSPS) is 13.1. The fourth-order valence-corrected chi connectivity index (χ4v) is 3.69. The lowest BCUT2D eigenvalue weighted by Crippen LogP contribution is -2.39. The van der Waals surface area contributed by atoms with Crippen molar-refractivity contribution in [1.29, 1.82) is 0 Å². The number of aromatic nitrogens is 2. The minimum atomic E-state index is -0.675. The molecule has 2 amide bonds. The Hall–Kier alpha value is -3.16. The Kier molecular flexibility index (Phi) is 7.44. The van der Waals surface area contributed by atoms with Crippen LogP contribution in [-0.4, -0.2) is 53.0 Å². The van der Waals surface area contributed by atoms with Crippen molar-refractivity contribution in [2.45, 2.75) is 20.0 Å². The quantitative estimate of drug-likeness (QED) is 0.520. The third kappa shape index (κ3) is 5.93. The summed E-state index contributed by atoms with van der Waals surface area (Å²) >= 11 is 0. The van der Waals surface area contributed by atoms with Crippen molar-refractivity contribution in [2.75, 3.05) is 32.5 Å². The first kappa shape index (κ1) is 22.5. The number of aliphatic hydroxyl groups excluding tert-OH is 1. The van der Waals surface area contributed by atoms with Gasteiger partial charge in [-0.1, -0.05) is 42.5 Å². The van der Waals surface area contributed by atoms with Crippen LogP contribution < -0.4 is 10.6 Å². The summed E-state index contributed by atoms with van der Waals surface area (Å²) in [5.74, 6) is -0.158. The van der Waals surface area contributed by atoms with Crippen LogP contribution in [0.1, 0.15) is 23.1 Å². The molecule has 0 fully saturated rings. The number of aliphatic hydroxyl groups is 1. The summed E-state index contributed by atoms with van der Waals surface area (Å²) in [6, 6.07) is 18.8. The van der Waals surface area contributed by atoms with E-state index in [9.17, 15) is 9.90 Å². The van der Waals surface area contributed by atoms with Gasteiger partial charge in [0.25, 0.3) is 0 Å². The summed E-state index contributed by atoms with van der Waals surface area (Å²) in [5, 5.41) is 21.2. The second-order valence-electron chi connectivity index (χ2n) is 8.07. The minimum Gasteiger partial charge on any atom is -0.388 e. The van der Waals surface area contributed by atoms with Gasteiger partial charge in [0.05, 0.1) is 23.2 Å². The Bertz CT molecular complexity index is 1000. The number of hydrogen-bond acceptors (Lipinski definition) is 4. The zero-order valence-electron chi connectivity index (χ0n) is 18.5. The highest BCUT2D eigenvalue weighted by Gasteiger charge is 2.22. The molecule has 164 valence electrons. The maximum atomic E-state index is 12.7. The number of aryl methyl sites for hydroxylation is 2. The zero-order chi connectivity index (χ0) is 22.4. The van der Waals surface area contributed by atoms with Crippen molar-refractivity contribution in [3.63, 3.8) is 0 Å². The Morgan fingerprint density at radius 1 is 1.10 bits per heavy atom. The fraction of sp³-hybridized carbons (Fsp3) is 0.333. The summed E-state index contributed by atoms with van der Waals surface area (Å²) in [5.41, 5.74) is 4.21. The molecule has 0 spiro atoms. The van der Waals surface area contributed by atoms with Crippen molar-refractivity contribution in [2.24, 2.45) is 5.92 Å². The number of carbonyl (C=O) groups excluding carboxylic acids is 1. The van der Waals surface area contributed by atoms with Gasteiger partial charge in [-0.25, -0.2) is 9.48 Å². The predicted octanol–water partition coefficient (Wildman–Crippen LogP) is 3.52. The molecular weight excluding hydrogens is 390 g/mol. The van der Waals surface area contributed by atoms with Gasteiger partial charge < -0.3 is 20.6 Å². The molecule has 0 saturated carbocycles. The summed E-state index contributed by atoms with van der Waals surface area (Å²) in [7, 11) is 3.91. The first-order valence-corrected chi connectivity index (χ1v) is 10.4. The Balaban J connectivity index is 1.69. The second kappa shape index (κ2) is 10.2. The van der Waals surface area contributed by atoms with E-state index < -0.39 is 6.10 Å². The van der Waals surface area contributed by atoms with Gasteiger partial charge in [-0.2, -0.15) is 5.10 Å². The van der Waals surface area contributed by atoms with Crippen molar-refractivity contribution in [3.8, 4) is 5.69 Å². The highest BCUT2D eigenvalue weighted by molar-refractivity contribution is 5.91. The van der Waals surface area contributed by atoms with E-state index >= 15 is 0 Å². The number of nitrogens with zero attached hydrogens (tertiary/aromatic N) is 3. The number of nitrogens with one attached hydrogen (secondary N) is 2. The molecule has 0 aliphatic heterocycles. The minimum absolute atomic E-state index is 0.158. The maximum Gasteiger partial charge on any atom is 0.319 e. The average molecular weight is 422 g/mol. The number of para-hydroxylation sites is 2. The van der Waals surface area contributed by atoms with Crippen LogP contribution in [0.15, 0.2) is 60.7 Å². The second-order valence-corrected chi connectivity index (χ2v) is 8.07. The molecule has 1 heterocycles. The van der Waals surface area contributed by atoms with Crippen LogP contribution in [0, 0.1) is 19.8 Å². The van der Waals surface area contributed by atoms with Crippen molar-refractivity contribution < 1.29 is 9.90 Å². The van der Waals surface area contributed by atoms with E-state index in [0.29, 0.717) is 18.8 Å². The first-order chi connectivity index (χ1) is 14.8. The number of urea groups is 1. The molecule has 0 saturated heterocycles. The van der Waals surface area contributed by atoms with Gasteiger partial charge in [-0.15, -0.1) is 0 Å². The number of amides is 2. The van der Waals surface area contributed by atoms with E-state index in [2.05, 4.69) is 15.7 Å². The lowest BCUT2D eigenvalue weighted by molar-refractivity contribution is 0.0911. The van der Waals surface area contributed by atoms with E-state index in [-0.39, 0.29) is 11.9 Å². The van der Waals surface area contributed by atoms with Crippen LogP contribution in [0.4, 0.5) is 10.5 Å². The zero-order valence-corrected chi connectivity index (χ0v) is 18.5. The third-order valence-electron chi connectivity index (χ3n) is 5.10. The van der Waals surface area contributed by atoms with Crippen LogP contribution in [0.5, 0.6) is 0 Å². The Labute approximate surface area is 183 Å².